The minimum absolute atomic E-state index is 0.138. The highest BCUT2D eigenvalue weighted by Crippen LogP contribution is 2.16. The van der Waals surface area contributed by atoms with Gasteiger partial charge in [0, 0.05) is 76.0 Å². The number of rotatable bonds is 20. The molecule has 0 bridgehead atoms. The second-order valence-electron chi connectivity index (χ2n) is 11.2. The summed E-state index contributed by atoms with van der Waals surface area (Å²) in [4.78, 5) is 27.1. The van der Waals surface area contributed by atoms with Gasteiger partial charge in [-0.1, -0.05) is 68.5 Å². The van der Waals surface area contributed by atoms with Crippen molar-refractivity contribution in [2.24, 2.45) is 4.99 Å². The van der Waals surface area contributed by atoms with E-state index in [9.17, 15) is 4.79 Å². The van der Waals surface area contributed by atoms with Crippen molar-refractivity contribution in [1.29, 1.82) is 0 Å². The van der Waals surface area contributed by atoms with Gasteiger partial charge in [0.25, 0.3) is 0 Å². The molecule has 0 saturated heterocycles. The Morgan fingerprint density at radius 1 is 0.884 bits per heavy atom. The quantitative estimate of drug-likeness (QED) is 0.0933. The fraction of sp³-hybridized carbons (Fsp3) is 0.457. The smallest absolute Gasteiger partial charge is 0.167 e. The van der Waals surface area contributed by atoms with Crippen LogP contribution >= 0.6 is 0 Å². The van der Waals surface area contributed by atoms with Crippen molar-refractivity contribution in [3.05, 3.63) is 101 Å². The second kappa shape index (κ2) is 17.6. The third-order valence-corrected chi connectivity index (χ3v) is 7.52. The maximum absolute atomic E-state index is 13.1. The summed E-state index contributed by atoms with van der Waals surface area (Å²) in [7, 11) is 1.62. The fourth-order valence-electron chi connectivity index (χ4n) is 5.40. The summed E-state index contributed by atoms with van der Waals surface area (Å²) >= 11 is 0. The average molecular weight is 586 g/mol. The second-order valence-corrected chi connectivity index (χ2v) is 11.2. The number of ether oxygens (including phenoxy) is 2. The summed E-state index contributed by atoms with van der Waals surface area (Å²) in [5.41, 5.74) is 5.39. The van der Waals surface area contributed by atoms with Crippen molar-refractivity contribution in [1.82, 2.24) is 19.4 Å². The van der Waals surface area contributed by atoms with Crippen LogP contribution in [0.3, 0.4) is 0 Å². The number of Topliss-reactive ketones (excluding diaryl/α,β-unsaturated/α-hetero) is 1. The highest BCUT2D eigenvalue weighted by Gasteiger charge is 2.16. The lowest BCUT2D eigenvalue weighted by Crippen LogP contribution is -2.30. The SMILES string of the molecule is CCCN(CCC)Cc1ccc(CC(=O)c2ccc(CN(CC3=NC=CC3)Cc3nccn3CCOCOC)cc2)cc1. The van der Waals surface area contributed by atoms with Crippen molar-refractivity contribution in [3.63, 3.8) is 0 Å². The number of carbonyl (C=O) groups is 1. The van der Waals surface area contributed by atoms with Crippen LogP contribution in [0.4, 0.5) is 0 Å². The lowest BCUT2D eigenvalue weighted by Gasteiger charge is -2.23. The van der Waals surface area contributed by atoms with Crippen LogP contribution in [-0.2, 0) is 42.1 Å². The normalized spacial score (nSPS) is 12.9. The van der Waals surface area contributed by atoms with E-state index < -0.39 is 0 Å². The van der Waals surface area contributed by atoms with E-state index in [1.165, 1.54) is 5.56 Å². The molecule has 0 aliphatic carbocycles. The number of hydrogen-bond acceptors (Lipinski definition) is 7. The summed E-state index contributed by atoms with van der Waals surface area (Å²) in [6, 6.07) is 16.6. The molecule has 8 heteroatoms. The molecule has 0 spiro atoms. The Hall–Kier alpha value is -3.43. The number of aliphatic imine (C=N–C) groups is 1. The van der Waals surface area contributed by atoms with Crippen LogP contribution in [0.15, 0.2) is 78.2 Å². The van der Waals surface area contributed by atoms with Crippen LogP contribution in [0.2, 0.25) is 0 Å². The van der Waals surface area contributed by atoms with Gasteiger partial charge in [0.15, 0.2) is 5.78 Å². The van der Waals surface area contributed by atoms with Crippen LogP contribution in [0.1, 0.15) is 66.0 Å². The topological polar surface area (TPSA) is 72.2 Å². The summed E-state index contributed by atoms with van der Waals surface area (Å²) in [6.45, 7) is 11.4. The van der Waals surface area contributed by atoms with Gasteiger partial charge in [0.1, 0.15) is 12.6 Å². The maximum Gasteiger partial charge on any atom is 0.167 e. The van der Waals surface area contributed by atoms with Gasteiger partial charge in [-0.3, -0.25) is 19.6 Å². The van der Waals surface area contributed by atoms with Gasteiger partial charge >= 0.3 is 0 Å². The van der Waals surface area contributed by atoms with Crippen LogP contribution in [-0.4, -0.2) is 71.0 Å². The monoisotopic (exact) mass is 585 g/mol. The molecule has 3 aromatic rings. The molecule has 4 rings (SSSR count). The van der Waals surface area contributed by atoms with E-state index in [1.54, 1.807) is 7.11 Å². The number of methoxy groups -OCH3 is 1. The zero-order valence-electron chi connectivity index (χ0n) is 26.1. The van der Waals surface area contributed by atoms with E-state index in [1.807, 2.05) is 30.7 Å². The molecule has 2 heterocycles. The molecule has 0 amide bonds. The molecule has 0 saturated carbocycles. The molecular formula is C35H47N5O3. The summed E-state index contributed by atoms with van der Waals surface area (Å²) < 4.78 is 12.6. The number of imidazole rings is 1. The molecule has 1 aromatic heterocycles. The maximum atomic E-state index is 13.1. The van der Waals surface area contributed by atoms with Crippen molar-refractivity contribution in [2.45, 2.75) is 65.7 Å². The predicted molar refractivity (Wildman–Crippen MR) is 172 cm³/mol. The van der Waals surface area contributed by atoms with Gasteiger partial charge in [-0.2, -0.15) is 0 Å². The van der Waals surface area contributed by atoms with E-state index in [2.05, 4.69) is 80.7 Å². The number of aromatic nitrogens is 2. The Bertz CT molecular complexity index is 1310. The molecule has 1 aliphatic rings. The van der Waals surface area contributed by atoms with E-state index >= 15 is 0 Å². The highest BCUT2D eigenvalue weighted by atomic mass is 16.7. The Labute approximate surface area is 257 Å². The lowest BCUT2D eigenvalue weighted by atomic mass is 10.0. The average Bonchev–Trinajstić information content (AvgIpc) is 3.69. The number of allylic oxidation sites excluding steroid dienone is 1. The largest absolute Gasteiger partial charge is 0.359 e. The van der Waals surface area contributed by atoms with Gasteiger partial charge in [0.2, 0.25) is 0 Å². The van der Waals surface area contributed by atoms with E-state index in [0.29, 0.717) is 26.1 Å². The van der Waals surface area contributed by atoms with Crippen molar-refractivity contribution in [3.8, 4) is 0 Å². The minimum Gasteiger partial charge on any atom is -0.359 e. The van der Waals surface area contributed by atoms with Gasteiger partial charge in [0.05, 0.1) is 13.2 Å². The zero-order chi connectivity index (χ0) is 30.3. The molecule has 1 aliphatic heterocycles. The number of hydrogen-bond donors (Lipinski definition) is 0. The van der Waals surface area contributed by atoms with Gasteiger partial charge in [-0.15, -0.1) is 0 Å². The number of ketones is 1. The zero-order valence-corrected chi connectivity index (χ0v) is 26.1. The van der Waals surface area contributed by atoms with Crippen molar-refractivity contribution < 1.29 is 14.3 Å². The summed E-state index contributed by atoms with van der Waals surface area (Å²) in [6.07, 6.45) is 11.4. The molecule has 0 unspecified atom stereocenters. The molecule has 2 aromatic carbocycles. The van der Waals surface area contributed by atoms with Crippen LogP contribution < -0.4 is 0 Å². The van der Waals surface area contributed by atoms with Gasteiger partial charge in [-0.25, -0.2) is 4.98 Å². The number of benzene rings is 2. The standard InChI is InChI=1S/C35H47N5O3/c1-4-18-38(19-5-2)24-30-10-8-29(9-11-30)23-34(41)32-14-12-31(13-15-32)25-39(26-33-7-6-16-36-33)27-35-37-17-20-40(35)21-22-43-28-42-3/h6,8-17,20H,4-5,7,18-19,21-28H2,1-3H3. The van der Waals surface area contributed by atoms with Crippen molar-refractivity contribution >= 4 is 11.5 Å². The lowest BCUT2D eigenvalue weighted by molar-refractivity contribution is -0.0331. The molecule has 0 radical (unpaired) electrons. The van der Waals surface area contributed by atoms with Gasteiger partial charge in [-0.05, 0) is 42.6 Å². The van der Waals surface area contributed by atoms with E-state index in [0.717, 1.165) is 80.2 Å². The fourth-order valence-corrected chi connectivity index (χ4v) is 5.40. The van der Waals surface area contributed by atoms with Crippen LogP contribution in [0, 0.1) is 0 Å². The third kappa shape index (κ3) is 10.7. The summed E-state index contributed by atoms with van der Waals surface area (Å²) in [5.74, 6) is 1.12. The van der Waals surface area contributed by atoms with Crippen LogP contribution in [0.25, 0.3) is 0 Å². The molecule has 8 nitrogen and oxygen atoms in total. The minimum atomic E-state index is 0.138. The molecular weight excluding hydrogens is 538 g/mol. The first kappa shape index (κ1) is 32.5. The molecule has 0 N–H and O–H groups in total. The molecule has 43 heavy (non-hydrogen) atoms. The first-order valence-corrected chi connectivity index (χ1v) is 15.5. The van der Waals surface area contributed by atoms with E-state index in [-0.39, 0.29) is 12.6 Å². The third-order valence-electron chi connectivity index (χ3n) is 7.52. The Balaban J connectivity index is 1.35. The Morgan fingerprint density at radius 2 is 1.56 bits per heavy atom. The molecule has 230 valence electrons. The first-order valence-electron chi connectivity index (χ1n) is 15.5. The highest BCUT2D eigenvalue weighted by molar-refractivity contribution is 5.97. The Morgan fingerprint density at radius 3 is 2.21 bits per heavy atom. The van der Waals surface area contributed by atoms with Gasteiger partial charge < -0.3 is 14.0 Å². The van der Waals surface area contributed by atoms with E-state index in [4.69, 9.17) is 9.47 Å². The Kier molecular flexibility index (Phi) is 13.3. The number of carbonyl (C=O) groups excluding carboxylic acids is 1. The number of nitrogens with zero attached hydrogens (tertiary/aromatic N) is 5. The molecule has 0 fully saturated rings. The van der Waals surface area contributed by atoms with Crippen LogP contribution in [0.5, 0.6) is 0 Å². The summed E-state index contributed by atoms with van der Waals surface area (Å²) in [5, 5.41) is 0. The van der Waals surface area contributed by atoms with Crippen molar-refractivity contribution in [2.75, 3.05) is 40.1 Å². The first-order chi connectivity index (χ1) is 21.1. The molecule has 0 atom stereocenters. The predicted octanol–water partition coefficient (Wildman–Crippen LogP) is 5.91.